The predicted molar refractivity (Wildman–Crippen MR) is 268 cm³/mol. The van der Waals surface area contributed by atoms with Crippen LogP contribution in [0.25, 0.3) is 66.6 Å². The number of carbonyl (C=O) groups excluding carboxylic acids is 3. The van der Waals surface area contributed by atoms with Crippen LogP contribution in [0.4, 0.5) is 0 Å². The Bertz CT molecular complexity index is 3090. The van der Waals surface area contributed by atoms with E-state index in [1.54, 1.807) is 11.8 Å². The molecule has 4 aliphatic rings. The topological polar surface area (TPSA) is 115 Å². The summed E-state index contributed by atoms with van der Waals surface area (Å²) in [5, 5.41) is 2.70. The van der Waals surface area contributed by atoms with Crippen molar-refractivity contribution in [1.29, 1.82) is 0 Å². The summed E-state index contributed by atoms with van der Waals surface area (Å²) >= 11 is 0. The van der Waals surface area contributed by atoms with Gasteiger partial charge < -0.3 is 23.3 Å². The predicted octanol–water partition coefficient (Wildman–Crippen LogP) is 13.3. The van der Waals surface area contributed by atoms with Gasteiger partial charge in [-0.3, -0.25) is 14.8 Å². The second-order valence-electron chi connectivity index (χ2n) is 18.0. The Morgan fingerprint density at radius 1 is 0.603 bits per heavy atom. The van der Waals surface area contributed by atoms with E-state index in [4.69, 9.17) is 23.8 Å². The van der Waals surface area contributed by atoms with Crippen molar-refractivity contribution in [3.8, 4) is 62.0 Å². The van der Waals surface area contributed by atoms with Crippen molar-refractivity contribution in [2.75, 3.05) is 13.2 Å². The highest BCUT2D eigenvalue weighted by atomic mass is 35.5. The van der Waals surface area contributed by atoms with Crippen LogP contribution in [-0.4, -0.2) is 44.9 Å². The number of fused-ring (bicyclic) bond motifs is 10. The van der Waals surface area contributed by atoms with Crippen molar-refractivity contribution in [2.24, 2.45) is 0 Å². The molecule has 0 saturated heterocycles. The lowest BCUT2D eigenvalue weighted by molar-refractivity contribution is -0.191. The molecule has 12 rings (SSSR count). The third-order valence-corrected chi connectivity index (χ3v) is 14.2. The van der Waals surface area contributed by atoms with Crippen LogP contribution in [-0.2, 0) is 27.5 Å². The normalized spacial score (nSPS) is 15.3. The Balaban J connectivity index is 0.000000159. The number of benzene rings is 4. The standard InChI is InChI=1S/C28H26N2O3.C28H28N2O.CO2.ClH/c31-18-33-21-11-12-23-25(16-21)30-14-15-32-28-22(20-8-5-13-29-17-20)9-4-10-24(28)27(30)26(23)19-6-2-1-3-7-19;1-19-12-13-23-25(17-19)30-15-16-31-28-22(21-9-6-14-29-18-21)10-5-11-24(28)27(30)26(23)20-7-3-2-4-8-20;2-1-3;/h4-5,8-13,16-19H,1-3,6-7,14-15H2;5-6,9-14,17-18,20H,2-4,7-8,15-16H2,1H3;;1H. The van der Waals surface area contributed by atoms with Gasteiger partial charge in [-0.2, -0.15) is 9.59 Å². The third kappa shape index (κ3) is 8.82. The number of hydrogen-bond acceptors (Lipinski definition) is 8. The van der Waals surface area contributed by atoms with Gasteiger partial charge in [-0.25, -0.2) is 0 Å². The second-order valence-corrected chi connectivity index (χ2v) is 18.0. The Labute approximate surface area is 402 Å². The van der Waals surface area contributed by atoms with Gasteiger partial charge in [0.05, 0.1) is 30.0 Å². The molecule has 0 N–H and O–H groups in total. The van der Waals surface area contributed by atoms with Crippen LogP contribution in [0.15, 0.2) is 122 Å². The molecule has 2 saturated carbocycles. The molecule has 346 valence electrons. The smallest absolute Gasteiger partial charge is 0.373 e. The molecule has 2 aliphatic heterocycles. The molecular weight excluding hydrogens is 872 g/mol. The monoisotopic (exact) mass is 926 g/mol. The summed E-state index contributed by atoms with van der Waals surface area (Å²) in [5.74, 6) is 3.65. The molecule has 2 aliphatic carbocycles. The molecule has 0 amide bonds. The van der Waals surface area contributed by atoms with Crippen LogP contribution >= 0.6 is 12.4 Å². The quantitative estimate of drug-likeness (QED) is 0.151. The maximum Gasteiger partial charge on any atom is 0.373 e. The number of rotatable bonds is 6. The van der Waals surface area contributed by atoms with Crippen molar-refractivity contribution in [2.45, 2.75) is 96.1 Å². The number of hydrogen-bond donors (Lipinski definition) is 0. The molecule has 8 aromatic rings. The number of aryl methyl sites for hydroxylation is 1. The summed E-state index contributed by atoms with van der Waals surface area (Å²) in [6.45, 7) is 5.56. The van der Waals surface area contributed by atoms with Gasteiger partial charge in [-0.1, -0.05) is 87.1 Å². The summed E-state index contributed by atoms with van der Waals surface area (Å²) in [5.41, 5.74) is 16.1. The van der Waals surface area contributed by atoms with Gasteiger partial charge in [0, 0.05) is 80.5 Å². The van der Waals surface area contributed by atoms with Crippen molar-refractivity contribution in [1.82, 2.24) is 19.1 Å². The van der Waals surface area contributed by atoms with Crippen LogP contribution in [0.1, 0.15) is 92.7 Å². The molecule has 0 spiro atoms. The average Bonchev–Trinajstić information content (AvgIpc) is 3.68. The van der Waals surface area contributed by atoms with E-state index in [1.807, 2.05) is 42.9 Å². The van der Waals surface area contributed by atoms with E-state index < -0.39 is 0 Å². The molecule has 10 nitrogen and oxygen atoms in total. The lowest BCUT2D eigenvalue weighted by atomic mass is 9.81. The van der Waals surface area contributed by atoms with E-state index in [2.05, 4.69) is 98.8 Å². The molecule has 0 bridgehead atoms. The molecule has 11 heteroatoms. The highest BCUT2D eigenvalue weighted by Crippen LogP contribution is 2.51. The van der Waals surface area contributed by atoms with Crippen LogP contribution in [0.3, 0.4) is 0 Å². The zero-order valence-corrected chi connectivity index (χ0v) is 39.1. The molecule has 4 aromatic heterocycles. The van der Waals surface area contributed by atoms with E-state index in [0.717, 1.165) is 57.9 Å². The first-order valence-corrected chi connectivity index (χ1v) is 23.8. The Hall–Kier alpha value is -7.00. The minimum absolute atomic E-state index is 0. The maximum absolute atomic E-state index is 11.0. The molecule has 4 aromatic carbocycles. The summed E-state index contributed by atoms with van der Waals surface area (Å²) in [6, 6.07) is 34.2. The number of para-hydroxylation sites is 2. The van der Waals surface area contributed by atoms with Gasteiger partial charge >= 0.3 is 6.15 Å². The fraction of sp³-hybridized carbons (Fsp3) is 0.298. The number of aromatic nitrogens is 4. The molecule has 0 unspecified atom stereocenters. The van der Waals surface area contributed by atoms with Gasteiger partial charge in [-0.05, 0) is 104 Å². The summed E-state index contributed by atoms with van der Waals surface area (Å²) in [7, 11) is 0. The number of carbonyl (C=O) groups is 1. The van der Waals surface area contributed by atoms with Crippen molar-refractivity contribution < 1.29 is 28.6 Å². The fourth-order valence-electron chi connectivity index (χ4n) is 11.4. The maximum atomic E-state index is 11.0. The van der Waals surface area contributed by atoms with E-state index >= 15 is 0 Å². The molecule has 2 fully saturated rings. The zero-order chi connectivity index (χ0) is 45.7. The molecule has 0 radical (unpaired) electrons. The van der Waals surface area contributed by atoms with Crippen LogP contribution in [0.5, 0.6) is 17.2 Å². The minimum atomic E-state index is 0. The number of pyridine rings is 2. The zero-order valence-electron chi connectivity index (χ0n) is 38.3. The van der Waals surface area contributed by atoms with Gasteiger partial charge in [0.15, 0.2) is 0 Å². The van der Waals surface area contributed by atoms with Gasteiger partial charge in [0.25, 0.3) is 6.47 Å². The fourth-order valence-corrected chi connectivity index (χ4v) is 11.4. The highest BCUT2D eigenvalue weighted by molar-refractivity contribution is 5.97. The minimum Gasteiger partial charge on any atom is -0.490 e. The van der Waals surface area contributed by atoms with Gasteiger partial charge in [-0.15, -0.1) is 12.4 Å². The molecule has 0 atom stereocenters. The van der Waals surface area contributed by atoms with Crippen LogP contribution in [0, 0.1) is 6.92 Å². The van der Waals surface area contributed by atoms with E-state index in [9.17, 15) is 4.79 Å². The number of halogens is 1. The van der Waals surface area contributed by atoms with E-state index in [-0.39, 0.29) is 18.6 Å². The first-order chi connectivity index (χ1) is 33.1. The SMILES string of the molecule is Cc1ccc2c(C3CCCCC3)c3n(c2c1)CCOc1c(-c2cccnc2)cccc1-3.Cl.O=C=O.O=COc1ccc2c(C3CCCCC3)c3n(c2c1)CCOc1c(-c2cccnc2)cccc1-3. The lowest BCUT2D eigenvalue weighted by Gasteiger charge is -2.24. The third-order valence-electron chi connectivity index (χ3n) is 14.2. The largest absolute Gasteiger partial charge is 0.490 e. The molecule has 68 heavy (non-hydrogen) atoms. The molecule has 6 heterocycles. The van der Waals surface area contributed by atoms with E-state index in [1.165, 1.54) is 109 Å². The summed E-state index contributed by atoms with van der Waals surface area (Å²) in [4.78, 5) is 35.9. The van der Waals surface area contributed by atoms with Crippen LogP contribution < -0.4 is 14.2 Å². The Morgan fingerprint density at radius 2 is 1.07 bits per heavy atom. The Morgan fingerprint density at radius 3 is 1.54 bits per heavy atom. The van der Waals surface area contributed by atoms with E-state index in [0.29, 0.717) is 37.3 Å². The first kappa shape index (κ1) is 46.1. The van der Waals surface area contributed by atoms with Crippen molar-refractivity contribution >= 4 is 46.8 Å². The van der Waals surface area contributed by atoms with Crippen molar-refractivity contribution in [3.05, 3.63) is 139 Å². The summed E-state index contributed by atoms with van der Waals surface area (Å²) < 4.78 is 23.0. The summed E-state index contributed by atoms with van der Waals surface area (Å²) in [6.07, 6.45) is 20.6. The number of nitrogens with zero attached hydrogens (tertiary/aromatic N) is 4. The lowest BCUT2D eigenvalue weighted by Crippen LogP contribution is -2.07. The Kier molecular flexibility index (Phi) is 14.2. The molecular formula is C57H55ClN4O6. The number of ether oxygens (including phenoxy) is 3. The van der Waals surface area contributed by atoms with Crippen molar-refractivity contribution in [3.63, 3.8) is 0 Å². The average molecular weight is 928 g/mol. The van der Waals surface area contributed by atoms with Gasteiger partial charge in [0.1, 0.15) is 30.5 Å². The van der Waals surface area contributed by atoms with Gasteiger partial charge in [0.2, 0.25) is 0 Å². The first-order valence-electron chi connectivity index (χ1n) is 23.8. The highest BCUT2D eigenvalue weighted by Gasteiger charge is 2.32. The second kappa shape index (κ2) is 20.9. The van der Waals surface area contributed by atoms with Crippen LogP contribution in [0.2, 0.25) is 0 Å².